The lowest BCUT2D eigenvalue weighted by Crippen LogP contribution is -2.66. The zero-order chi connectivity index (χ0) is 17.4. The predicted molar refractivity (Wildman–Crippen MR) is 94.3 cm³/mol. The number of rotatable bonds is 2. The summed E-state index contributed by atoms with van der Waals surface area (Å²) in [4.78, 5) is 18.9. The maximum Gasteiger partial charge on any atom is 0.243 e. The molecule has 3 atom stereocenters. The molecule has 138 valence electrons. The molecule has 1 N–H and O–H groups in total. The van der Waals surface area contributed by atoms with E-state index < -0.39 is 6.17 Å². The molecule has 3 saturated heterocycles. The SMILES string of the molecule is N#CN1CCN2CCN(C3NCC(C4CCC(F)CC4)S3)C(=O)[C@H]2C1. The molecule has 3 aliphatic heterocycles. The second-order valence-electron chi connectivity index (χ2n) is 7.58. The van der Waals surface area contributed by atoms with Gasteiger partial charge in [0.05, 0.1) is 6.54 Å². The van der Waals surface area contributed by atoms with E-state index in [1.807, 2.05) is 16.7 Å². The number of nitriles is 1. The molecule has 0 aromatic rings. The van der Waals surface area contributed by atoms with Crippen molar-refractivity contribution in [2.24, 2.45) is 5.92 Å². The Hall–Kier alpha value is -1.04. The fourth-order valence-corrected chi connectivity index (χ4v) is 6.14. The molecule has 1 saturated carbocycles. The average molecular weight is 367 g/mol. The first-order valence-electron chi connectivity index (χ1n) is 9.38. The van der Waals surface area contributed by atoms with Gasteiger partial charge in [-0.3, -0.25) is 15.0 Å². The minimum Gasteiger partial charge on any atom is -0.315 e. The highest BCUT2D eigenvalue weighted by atomic mass is 32.2. The van der Waals surface area contributed by atoms with Gasteiger partial charge in [0.2, 0.25) is 5.91 Å². The van der Waals surface area contributed by atoms with E-state index >= 15 is 0 Å². The molecule has 1 aliphatic carbocycles. The summed E-state index contributed by atoms with van der Waals surface area (Å²) < 4.78 is 13.4. The summed E-state index contributed by atoms with van der Waals surface area (Å²) >= 11 is 1.85. The number of hydrogen-bond acceptors (Lipinski definition) is 6. The first-order chi connectivity index (χ1) is 12.2. The van der Waals surface area contributed by atoms with Crippen LogP contribution in [0.1, 0.15) is 25.7 Å². The molecule has 1 amide bonds. The van der Waals surface area contributed by atoms with Crippen molar-refractivity contribution in [3.8, 4) is 6.19 Å². The second kappa shape index (κ2) is 7.29. The van der Waals surface area contributed by atoms with Gasteiger partial charge in [-0.15, -0.1) is 11.8 Å². The van der Waals surface area contributed by atoms with E-state index in [2.05, 4.69) is 16.4 Å². The van der Waals surface area contributed by atoms with Gasteiger partial charge < -0.3 is 9.80 Å². The highest BCUT2D eigenvalue weighted by Crippen LogP contribution is 2.39. The molecule has 0 spiro atoms. The number of carbonyl (C=O) groups is 1. The largest absolute Gasteiger partial charge is 0.315 e. The molecule has 0 aromatic carbocycles. The molecular formula is C17H26FN5OS. The first kappa shape index (κ1) is 17.4. The number of hydrogen-bond donors (Lipinski definition) is 1. The van der Waals surface area contributed by atoms with Crippen LogP contribution in [0.25, 0.3) is 0 Å². The minimum absolute atomic E-state index is 0.0280. The van der Waals surface area contributed by atoms with Crippen molar-refractivity contribution in [1.82, 2.24) is 20.0 Å². The lowest BCUT2D eigenvalue weighted by Gasteiger charge is -2.46. The highest BCUT2D eigenvalue weighted by molar-refractivity contribution is 8.00. The Morgan fingerprint density at radius 1 is 1.16 bits per heavy atom. The molecule has 4 aliphatic rings. The predicted octanol–water partition coefficient (Wildman–Crippen LogP) is 0.813. The van der Waals surface area contributed by atoms with E-state index in [0.717, 1.165) is 45.6 Å². The fraction of sp³-hybridized carbons (Fsp3) is 0.882. The monoisotopic (exact) mass is 367 g/mol. The van der Waals surface area contributed by atoms with Crippen LogP contribution in [0.5, 0.6) is 0 Å². The van der Waals surface area contributed by atoms with Gasteiger partial charge in [0.1, 0.15) is 17.7 Å². The average Bonchev–Trinajstić information content (AvgIpc) is 3.12. The molecule has 3 heterocycles. The number of carbonyl (C=O) groups excluding carboxylic acids is 1. The number of halogens is 1. The summed E-state index contributed by atoms with van der Waals surface area (Å²) in [7, 11) is 0. The number of fused-ring (bicyclic) bond motifs is 1. The number of thioether (sulfide) groups is 1. The molecule has 25 heavy (non-hydrogen) atoms. The van der Waals surface area contributed by atoms with Crippen LogP contribution in [0.4, 0.5) is 4.39 Å². The Kier molecular flexibility index (Phi) is 5.07. The van der Waals surface area contributed by atoms with Crippen LogP contribution in [-0.4, -0.2) is 82.8 Å². The van der Waals surface area contributed by atoms with Crippen molar-refractivity contribution in [2.45, 2.75) is 48.6 Å². The highest BCUT2D eigenvalue weighted by Gasteiger charge is 2.44. The van der Waals surface area contributed by atoms with E-state index in [4.69, 9.17) is 5.26 Å². The Labute approximate surface area is 152 Å². The Morgan fingerprint density at radius 3 is 2.68 bits per heavy atom. The van der Waals surface area contributed by atoms with Gasteiger partial charge in [0.15, 0.2) is 6.19 Å². The van der Waals surface area contributed by atoms with Gasteiger partial charge in [0.25, 0.3) is 0 Å². The zero-order valence-corrected chi connectivity index (χ0v) is 15.3. The molecule has 4 fully saturated rings. The van der Waals surface area contributed by atoms with Crippen LogP contribution in [0.3, 0.4) is 0 Å². The second-order valence-corrected chi connectivity index (χ2v) is 8.90. The van der Waals surface area contributed by atoms with Gasteiger partial charge in [-0.05, 0) is 31.6 Å². The van der Waals surface area contributed by atoms with Gasteiger partial charge in [0, 0.05) is 38.0 Å². The molecular weight excluding hydrogens is 341 g/mol. The van der Waals surface area contributed by atoms with E-state index in [0.29, 0.717) is 30.6 Å². The standard InChI is InChI=1S/C17H26FN5OS/c18-13-3-1-12(2-4-13)15-9-20-17(25-15)23-8-7-22-6-5-21(11-19)10-14(22)16(23)24/h12-15,17,20H,1-10H2/t12?,13?,14-,15?,17?/m1/s1. The molecule has 0 bridgehead atoms. The third-order valence-electron chi connectivity index (χ3n) is 6.14. The van der Waals surface area contributed by atoms with E-state index in [9.17, 15) is 9.18 Å². The Bertz CT molecular complexity index is 550. The Morgan fingerprint density at radius 2 is 1.92 bits per heavy atom. The smallest absolute Gasteiger partial charge is 0.243 e. The molecule has 2 unspecified atom stereocenters. The lowest BCUT2D eigenvalue weighted by molar-refractivity contribution is -0.145. The maximum absolute atomic E-state index is 13.4. The van der Waals surface area contributed by atoms with Gasteiger partial charge in [-0.1, -0.05) is 0 Å². The number of piperazine rings is 2. The van der Waals surface area contributed by atoms with Crippen molar-refractivity contribution in [3.05, 3.63) is 0 Å². The van der Waals surface area contributed by atoms with Crippen LogP contribution in [0, 0.1) is 17.4 Å². The summed E-state index contributed by atoms with van der Waals surface area (Å²) in [5.74, 6) is 0.707. The van der Waals surface area contributed by atoms with Crippen molar-refractivity contribution in [1.29, 1.82) is 5.26 Å². The summed E-state index contributed by atoms with van der Waals surface area (Å²) in [6.07, 6.45) is 4.88. The van der Waals surface area contributed by atoms with Crippen molar-refractivity contribution in [3.63, 3.8) is 0 Å². The summed E-state index contributed by atoms with van der Waals surface area (Å²) in [5, 5.41) is 13.1. The van der Waals surface area contributed by atoms with E-state index in [-0.39, 0.29) is 17.4 Å². The number of alkyl halides is 1. The van der Waals surface area contributed by atoms with Gasteiger partial charge in [-0.2, -0.15) is 5.26 Å². The van der Waals surface area contributed by atoms with E-state index in [1.165, 1.54) is 0 Å². The summed E-state index contributed by atoms with van der Waals surface area (Å²) in [5.41, 5.74) is 0.0280. The molecule has 8 heteroatoms. The number of amides is 1. The van der Waals surface area contributed by atoms with Gasteiger partial charge >= 0.3 is 0 Å². The van der Waals surface area contributed by atoms with Crippen molar-refractivity contribution >= 4 is 17.7 Å². The van der Waals surface area contributed by atoms with Gasteiger partial charge in [-0.25, -0.2) is 4.39 Å². The third-order valence-corrected chi connectivity index (χ3v) is 7.72. The fourth-order valence-electron chi connectivity index (χ4n) is 4.57. The first-order valence-corrected chi connectivity index (χ1v) is 10.3. The normalized spacial score (nSPS) is 40.0. The molecule has 4 rings (SSSR count). The molecule has 0 radical (unpaired) electrons. The van der Waals surface area contributed by atoms with Crippen molar-refractivity contribution < 1.29 is 9.18 Å². The number of nitrogens with one attached hydrogen (secondary N) is 1. The number of nitrogens with zero attached hydrogens (tertiary/aromatic N) is 4. The van der Waals surface area contributed by atoms with E-state index in [1.54, 1.807) is 4.90 Å². The van der Waals surface area contributed by atoms with Crippen LogP contribution in [0.2, 0.25) is 0 Å². The van der Waals surface area contributed by atoms with Crippen LogP contribution >= 0.6 is 11.8 Å². The summed E-state index contributed by atoms with van der Waals surface area (Å²) in [6, 6.07) is -0.189. The van der Waals surface area contributed by atoms with Crippen LogP contribution < -0.4 is 5.32 Å². The quantitative estimate of drug-likeness (QED) is 0.729. The Balaban J connectivity index is 1.36. The summed E-state index contributed by atoms with van der Waals surface area (Å²) in [6.45, 7) is 4.54. The minimum atomic E-state index is -0.615. The molecule has 0 aromatic heterocycles. The van der Waals surface area contributed by atoms with Crippen LogP contribution in [0.15, 0.2) is 0 Å². The maximum atomic E-state index is 13.4. The zero-order valence-electron chi connectivity index (χ0n) is 14.4. The topological polar surface area (TPSA) is 62.6 Å². The molecule has 6 nitrogen and oxygen atoms in total. The van der Waals surface area contributed by atoms with Crippen molar-refractivity contribution in [2.75, 3.05) is 39.3 Å². The third kappa shape index (κ3) is 3.46. The lowest BCUT2D eigenvalue weighted by atomic mass is 9.86. The van der Waals surface area contributed by atoms with Crippen LogP contribution in [-0.2, 0) is 4.79 Å².